The van der Waals surface area contributed by atoms with E-state index in [0.717, 1.165) is 0 Å². The van der Waals surface area contributed by atoms with Crippen LogP contribution in [0.2, 0.25) is 0 Å². The largest absolute Gasteiger partial charge is 0.379 e. The maximum Gasteiger partial charge on any atom is 0.185 e. The third-order valence-electron chi connectivity index (χ3n) is 1.87. The molecule has 2 N–H and O–H groups in total. The zero-order valence-corrected chi connectivity index (χ0v) is 7.38. The summed E-state index contributed by atoms with van der Waals surface area (Å²) in [5.41, 5.74) is -0.849. The van der Waals surface area contributed by atoms with Crippen LogP contribution < -0.4 is 5.32 Å². The van der Waals surface area contributed by atoms with Gasteiger partial charge in [0.1, 0.15) is 0 Å². The van der Waals surface area contributed by atoms with E-state index in [2.05, 4.69) is 20.8 Å². The standard InChI is InChI=1S/C5H9N5O.ClH/c1-10-4(7-8-9-10)5(11)2-6-3-5;/h6,11H,2-3H2,1H3;1H. The average molecular weight is 192 g/mol. The molecule has 1 aliphatic heterocycles. The molecule has 0 radical (unpaired) electrons. The van der Waals surface area contributed by atoms with Crippen molar-refractivity contribution in [2.24, 2.45) is 7.05 Å². The Bertz CT molecular complexity index is 271. The first-order chi connectivity index (χ1) is 5.22. The van der Waals surface area contributed by atoms with E-state index < -0.39 is 5.60 Å². The van der Waals surface area contributed by atoms with Crippen molar-refractivity contribution in [3.05, 3.63) is 5.82 Å². The van der Waals surface area contributed by atoms with Gasteiger partial charge in [-0.15, -0.1) is 17.5 Å². The summed E-state index contributed by atoms with van der Waals surface area (Å²) in [4.78, 5) is 0. The normalized spacial score (nSPS) is 19.5. The van der Waals surface area contributed by atoms with Crippen LogP contribution in [0.5, 0.6) is 0 Å². The highest BCUT2D eigenvalue weighted by Crippen LogP contribution is 2.21. The summed E-state index contributed by atoms with van der Waals surface area (Å²) in [6.07, 6.45) is 0. The molecule has 0 saturated carbocycles. The first kappa shape index (κ1) is 9.37. The molecule has 1 fully saturated rings. The van der Waals surface area contributed by atoms with Crippen LogP contribution in [0.4, 0.5) is 0 Å². The first-order valence-electron chi connectivity index (χ1n) is 3.38. The molecule has 2 rings (SSSR count). The van der Waals surface area contributed by atoms with Gasteiger partial charge < -0.3 is 10.4 Å². The number of rotatable bonds is 1. The second kappa shape index (κ2) is 2.96. The fraction of sp³-hybridized carbons (Fsp3) is 0.800. The predicted octanol–water partition coefficient (Wildman–Crippen LogP) is -1.58. The SMILES string of the molecule is Cl.Cn1nnnc1C1(O)CNC1. The number of aliphatic hydroxyl groups is 1. The van der Waals surface area contributed by atoms with Gasteiger partial charge in [0.25, 0.3) is 0 Å². The highest BCUT2D eigenvalue weighted by atomic mass is 35.5. The molecule has 6 nitrogen and oxygen atoms in total. The van der Waals surface area contributed by atoms with Crippen LogP contribution in [0.25, 0.3) is 0 Å². The summed E-state index contributed by atoms with van der Waals surface area (Å²) in [5, 5.41) is 23.5. The molecule has 12 heavy (non-hydrogen) atoms. The van der Waals surface area contributed by atoms with Gasteiger partial charge in [-0.25, -0.2) is 4.68 Å². The molecule has 0 unspecified atom stereocenters. The van der Waals surface area contributed by atoms with Crippen molar-refractivity contribution in [2.45, 2.75) is 5.60 Å². The minimum atomic E-state index is -0.849. The van der Waals surface area contributed by atoms with E-state index in [1.54, 1.807) is 7.05 Å². The molecule has 0 amide bonds. The number of hydrogen-bond acceptors (Lipinski definition) is 5. The molecule has 1 saturated heterocycles. The summed E-state index contributed by atoms with van der Waals surface area (Å²) < 4.78 is 1.49. The fourth-order valence-corrected chi connectivity index (χ4v) is 1.14. The summed E-state index contributed by atoms with van der Waals surface area (Å²) in [6, 6.07) is 0. The maximum absolute atomic E-state index is 9.73. The highest BCUT2D eigenvalue weighted by molar-refractivity contribution is 5.85. The van der Waals surface area contributed by atoms with Gasteiger partial charge in [0, 0.05) is 20.1 Å². The molecule has 7 heteroatoms. The number of nitrogens with one attached hydrogen (secondary N) is 1. The van der Waals surface area contributed by atoms with E-state index in [0.29, 0.717) is 18.9 Å². The first-order valence-corrected chi connectivity index (χ1v) is 3.38. The second-order valence-electron chi connectivity index (χ2n) is 2.76. The van der Waals surface area contributed by atoms with Crippen molar-refractivity contribution in [3.8, 4) is 0 Å². The van der Waals surface area contributed by atoms with Crippen molar-refractivity contribution in [3.63, 3.8) is 0 Å². The number of aromatic nitrogens is 4. The Morgan fingerprint density at radius 2 is 2.25 bits per heavy atom. The van der Waals surface area contributed by atoms with Crippen LogP contribution in [0.1, 0.15) is 5.82 Å². The van der Waals surface area contributed by atoms with Gasteiger partial charge in [-0.3, -0.25) is 0 Å². The minimum absolute atomic E-state index is 0. The van der Waals surface area contributed by atoms with Crippen molar-refractivity contribution < 1.29 is 5.11 Å². The summed E-state index contributed by atoms with van der Waals surface area (Å²) in [5.74, 6) is 0.524. The van der Waals surface area contributed by atoms with Crippen LogP contribution >= 0.6 is 12.4 Å². The molecule has 0 atom stereocenters. The van der Waals surface area contributed by atoms with Gasteiger partial charge in [-0.05, 0) is 10.4 Å². The molecule has 0 spiro atoms. The second-order valence-corrected chi connectivity index (χ2v) is 2.76. The van der Waals surface area contributed by atoms with E-state index in [1.807, 2.05) is 0 Å². The lowest BCUT2D eigenvalue weighted by atomic mass is 9.96. The topological polar surface area (TPSA) is 75.9 Å². The minimum Gasteiger partial charge on any atom is -0.379 e. The Morgan fingerprint density at radius 1 is 1.58 bits per heavy atom. The quantitative estimate of drug-likeness (QED) is 0.561. The van der Waals surface area contributed by atoms with Gasteiger partial charge in [0.15, 0.2) is 11.4 Å². The fourth-order valence-electron chi connectivity index (χ4n) is 1.14. The number of β-amino-alcohol motifs (C(OH)–C–C–N with tert-alkyl or cyclic N) is 1. The van der Waals surface area contributed by atoms with Gasteiger partial charge in [-0.2, -0.15) is 0 Å². The maximum atomic E-state index is 9.73. The monoisotopic (exact) mass is 191 g/mol. The van der Waals surface area contributed by atoms with Gasteiger partial charge in [-0.1, -0.05) is 0 Å². The molecule has 0 bridgehead atoms. The molecule has 68 valence electrons. The molecule has 1 aromatic heterocycles. The highest BCUT2D eigenvalue weighted by Gasteiger charge is 2.40. The average Bonchev–Trinajstić information content (AvgIpc) is 2.30. The van der Waals surface area contributed by atoms with E-state index in [-0.39, 0.29) is 12.4 Å². The molecule has 0 aliphatic carbocycles. The lowest BCUT2D eigenvalue weighted by Gasteiger charge is -2.35. The van der Waals surface area contributed by atoms with Crippen molar-refractivity contribution in [1.82, 2.24) is 25.5 Å². The third kappa shape index (κ3) is 1.17. The number of nitrogens with zero attached hydrogens (tertiary/aromatic N) is 4. The van der Waals surface area contributed by atoms with Crippen molar-refractivity contribution in [2.75, 3.05) is 13.1 Å². The van der Waals surface area contributed by atoms with Crippen molar-refractivity contribution >= 4 is 12.4 Å². The summed E-state index contributed by atoms with van der Waals surface area (Å²) in [6.45, 7) is 1.06. The summed E-state index contributed by atoms with van der Waals surface area (Å²) >= 11 is 0. The Hall–Kier alpha value is -0.720. The van der Waals surface area contributed by atoms with Crippen molar-refractivity contribution in [1.29, 1.82) is 0 Å². The van der Waals surface area contributed by atoms with Gasteiger partial charge in [0.2, 0.25) is 0 Å². The lowest BCUT2D eigenvalue weighted by molar-refractivity contribution is -0.0259. The van der Waals surface area contributed by atoms with E-state index in [9.17, 15) is 5.11 Å². The lowest BCUT2D eigenvalue weighted by Crippen LogP contribution is -2.58. The van der Waals surface area contributed by atoms with E-state index in [1.165, 1.54) is 4.68 Å². The van der Waals surface area contributed by atoms with E-state index in [4.69, 9.17) is 0 Å². The predicted molar refractivity (Wildman–Crippen MR) is 42.8 cm³/mol. The van der Waals surface area contributed by atoms with Crippen LogP contribution in [0.15, 0.2) is 0 Å². The Morgan fingerprint density at radius 3 is 2.58 bits per heavy atom. The zero-order valence-electron chi connectivity index (χ0n) is 6.56. The van der Waals surface area contributed by atoms with Crippen LogP contribution in [-0.2, 0) is 12.6 Å². The van der Waals surface area contributed by atoms with Crippen LogP contribution in [0.3, 0.4) is 0 Å². The molecular formula is C5H10ClN5O. The third-order valence-corrected chi connectivity index (χ3v) is 1.87. The number of halogens is 1. The van der Waals surface area contributed by atoms with E-state index >= 15 is 0 Å². The number of tetrazole rings is 1. The zero-order chi connectivity index (χ0) is 7.90. The smallest absolute Gasteiger partial charge is 0.185 e. The molecule has 1 aromatic rings. The molecule has 0 aromatic carbocycles. The number of aryl methyl sites for hydroxylation is 1. The van der Waals surface area contributed by atoms with Crippen LogP contribution in [-0.4, -0.2) is 38.4 Å². The van der Waals surface area contributed by atoms with Gasteiger partial charge in [0.05, 0.1) is 0 Å². The Balaban J connectivity index is 0.000000720. The Kier molecular flexibility index (Phi) is 2.31. The van der Waals surface area contributed by atoms with Gasteiger partial charge >= 0.3 is 0 Å². The Labute approximate surface area is 75.4 Å². The molecular weight excluding hydrogens is 182 g/mol. The summed E-state index contributed by atoms with van der Waals surface area (Å²) in [7, 11) is 1.71. The van der Waals surface area contributed by atoms with Crippen LogP contribution in [0, 0.1) is 0 Å². The molecule has 1 aliphatic rings. The number of hydrogen-bond donors (Lipinski definition) is 2. The molecule has 2 heterocycles.